The SMILES string of the molecule is CCCC(CC)[C@@H](CNC(=O)C1CC(C)CC[C@H]1C(C)C)NC(=O)[C@@H](C)N. The van der Waals surface area contributed by atoms with Gasteiger partial charge in [-0.05, 0) is 49.9 Å². The zero-order valence-electron chi connectivity index (χ0n) is 18.4. The Hall–Kier alpha value is -1.10. The van der Waals surface area contributed by atoms with Crippen molar-refractivity contribution in [3.63, 3.8) is 0 Å². The van der Waals surface area contributed by atoms with Gasteiger partial charge in [-0.3, -0.25) is 9.59 Å². The summed E-state index contributed by atoms with van der Waals surface area (Å²) in [7, 11) is 0. The maximum absolute atomic E-state index is 13.0. The van der Waals surface area contributed by atoms with Crippen molar-refractivity contribution in [2.45, 2.75) is 92.2 Å². The minimum absolute atomic E-state index is 0.0593. The third kappa shape index (κ3) is 7.44. The van der Waals surface area contributed by atoms with Crippen molar-refractivity contribution in [2.24, 2.45) is 35.3 Å². The monoisotopic (exact) mass is 381 g/mol. The van der Waals surface area contributed by atoms with Crippen LogP contribution in [0.3, 0.4) is 0 Å². The van der Waals surface area contributed by atoms with Gasteiger partial charge in [0.1, 0.15) is 0 Å². The highest BCUT2D eigenvalue weighted by atomic mass is 16.2. The van der Waals surface area contributed by atoms with Crippen molar-refractivity contribution in [2.75, 3.05) is 6.54 Å². The van der Waals surface area contributed by atoms with Gasteiger partial charge < -0.3 is 16.4 Å². The Morgan fingerprint density at radius 2 is 1.81 bits per heavy atom. The Morgan fingerprint density at radius 1 is 1.15 bits per heavy atom. The van der Waals surface area contributed by atoms with E-state index >= 15 is 0 Å². The molecule has 0 aliphatic heterocycles. The summed E-state index contributed by atoms with van der Waals surface area (Å²) in [6.07, 6.45) is 6.39. The predicted octanol–water partition coefficient (Wildman–Crippen LogP) is 3.47. The summed E-state index contributed by atoms with van der Waals surface area (Å²) in [5.74, 6) is 2.03. The zero-order chi connectivity index (χ0) is 20.6. The molecule has 5 heteroatoms. The quantitative estimate of drug-likeness (QED) is 0.542. The van der Waals surface area contributed by atoms with E-state index in [0.717, 1.165) is 32.1 Å². The summed E-state index contributed by atoms with van der Waals surface area (Å²) >= 11 is 0. The fourth-order valence-corrected chi connectivity index (χ4v) is 4.56. The topological polar surface area (TPSA) is 84.2 Å². The van der Waals surface area contributed by atoms with Crippen molar-refractivity contribution in [3.05, 3.63) is 0 Å². The maximum atomic E-state index is 13.0. The van der Waals surface area contributed by atoms with Crippen LogP contribution < -0.4 is 16.4 Å². The van der Waals surface area contributed by atoms with Crippen molar-refractivity contribution in [3.8, 4) is 0 Å². The van der Waals surface area contributed by atoms with Crippen molar-refractivity contribution in [1.29, 1.82) is 0 Å². The molecule has 1 fully saturated rings. The number of rotatable bonds is 10. The fourth-order valence-electron chi connectivity index (χ4n) is 4.56. The summed E-state index contributed by atoms with van der Waals surface area (Å²) in [5.41, 5.74) is 5.74. The summed E-state index contributed by atoms with van der Waals surface area (Å²) in [4.78, 5) is 25.2. The van der Waals surface area contributed by atoms with Gasteiger partial charge in [-0.15, -0.1) is 0 Å². The Labute approximate surface area is 166 Å². The molecule has 0 aromatic carbocycles. The third-order valence-electron chi connectivity index (χ3n) is 6.35. The zero-order valence-corrected chi connectivity index (χ0v) is 18.4. The van der Waals surface area contributed by atoms with Gasteiger partial charge in [0, 0.05) is 18.5 Å². The molecule has 0 aromatic heterocycles. The van der Waals surface area contributed by atoms with E-state index in [1.807, 2.05) is 0 Å². The summed E-state index contributed by atoms with van der Waals surface area (Å²) < 4.78 is 0. The van der Waals surface area contributed by atoms with Crippen molar-refractivity contribution in [1.82, 2.24) is 10.6 Å². The first-order valence-corrected chi connectivity index (χ1v) is 11.0. The number of carbonyl (C=O) groups excluding carboxylic acids is 2. The van der Waals surface area contributed by atoms with Crippen LogP contribution in [0.4, 0.5) is 0 Å². The highest BCUT2D eigenvalue weighted by molar-refractivity contribution is 5.82. The second-order valence-corrected chi connectivity index (χ2v) is 9.04. The highest BCUT2D eigenvalue weighted by Crippen LogP contribution is 2.38. The highest BCUT2D eigenvalue weighted by Gasteiger charge is 2.35. The standard InChI is InChI=1S/C22H43N3O2/c1-7-9-17(8-2)20(25-21(26)16(6)23)13-24-22(27)19-12-15(5)10-11-18(19)14(3)4/h14-20H,7-13,23H2,1-6H3,(H,24,27)(H,25,26)/t15?,16-,17?,18+,19?,20-/m1/s1. The van der Waals surface area contributed by atoms with E-state index in [1.54, 1.807) is 6.92 Å². The molecule has 6 atom stereocenters. The predicted molar refractivity (Wildman–Crippen MR) is 112 cm³/mol. The van der Waals surface area contributed by atoms with Gasteiger partial charge in [0.25, 0.3) is 0 Å². The van der Waals surface area contributed by atoms with Crippen LogP contribution in [-0.4, -0.2) is 30.4 Å². The summed E-state index contributed by atoms with van der Waals surface area (Å²) in [6, 6.07) is -0.595. The van der Waals surface area contributed by atoms with Crippen LogP contribution in [0.15, 0.2) is 0 Å². The molecule has 4 N–H and O–H groups in total. The van der Waals surface area contributed by atoms with Gasteiger partial charge in [0.2, 0.25) is 11.8 Å². The fraction of sp³-hybridized carbons (Fsp3) is 0.909. The molecule has 1 saturated carbocycles. The molecule has 2 amide bonds. The van der Waals surface area contributed by atoms with E-state index < -0.39 is 6.04 Å². The Bertz CT molecular complexity index is 464. The van der Waals surface area contributed by atoms with Gasteiger partial charge in [-0.2, -0.15) is 0 Å². The van der Waals surface area contributed by atoms with Gasteiger partial charge in [-0.25, -0.2) is 0 Å². The molecular weight excluding hydrogens is 338 g/mol. The minimum atomic E-state index is -0.535. The van der Waals surface area contributed by atoms with E-state index in [9.17, 15) is 9.59 Å². The Kier molecular flexibility index (Phi) is 10.4. The van der Waals surface area contributed by atoms with Crippen LogP contribution in [0, 0.1) is 29.6 Å². The average molecular weight is 382 g/mol. The molecular formula is C22H43N3O2. The Balaban J connectivity index is 2.78. The van der Waals surface area contributed by atoms with Crippen molar-refractivity contribution < 1.29 is 9.59 Å². The Morgan fingerprint density at radius 3 is 2.33 bits per heavy atom. The van der Waals surface area contributed by atoms with Gasteiger partial charge in [0.15, 0.2) is 0 Å². The number of carbonyl (C=O) groups is 2. The smallest absolute Gasteiger partial charge is 0.236 e. The number of nitrogens with two attached hydrogens (primary N) is 1. The molecule has 0 heterocycles. The lowest BCUT2D eigenvalue weighted by molar-refractivity contribution is -0.130. The number of hydrogen-bond donors (Lipinski definition) is 3. The van der Waals surface area contributed by atoms with Gasteiger partial charge in [0.05, 0.1) is 6.04 Å². The van der Waals surface area contributed by atoms with Crippen LogP contribution in [0.5, 0.6) is 0 Å². The second kappa shape index (κ2) is 11.7. The molecule has 0 spiro atoms. The first kappa shape index (κ1) is 23.9. The van der Waals surface area contributed by atoms with Crippen LogP contribution in [0.2, 0.25) is 0 Å². The molecule has 0 bridgehead atoms. The number of amides is 2. The largest absolute Gasteiger partial charge is 0.354 e. The third-order valence-corrected chi connectivity index (χ3v) is 6.35. The summed E-state index contributed by atoms with van der Waals surface area (Å²) in [6.45, 7) is 13.2. The molecule has 27 heavy (non-hydrogen) atoms. The molecule has 1 aliphatic rings. The molecule has 0 saturated heterocycles. The molecule has 158 valence electrons. The lowest BCUT2D eigenvalue weighted by Gasteiger charge is -2.37. The minimum Gasteiger partial charge on any atom is -0.354 e. The van der Waals surface area contributed by atoms with E-state index in [1.165, 1.54) is 6.42 Å². The molecule has 1 rings (SSSR count). The van der Waals surface area contributed by atoms with E-state index in [0.29, 0.717) is 30.2 Å². The van der Waals surface area contributed by atoms with Gasteiger partial charge >= 0.3 is 0 Å². The molecule has 1 aliphatic carbocycles. The number of nitrogens with one attached hydrogen (secondary N) is 2. The van der Waals surface area contributed by atoms with Crippen LogP contribution in [0.1, 0.15) is 80.1 Å². The van der Waals surface area contributed by atoms with Crippen LogP contribution in [0.25, 0.3) is 0 Å². The lowest BCUT2D eigenvalue weighted by Crippen LogP contribution is -2.53. The van der Waals surface area contributed by atoms with E-state index in [2.05, 4.69) is 45.3 Å². The normalized spacial score (nSPS) is 26.3. The molecule has 0 aromatic rings. The van der Waals surface area contributed by atoms with Crippen LogP contribution in [-0.2, 0) is 9.59 Å². The van der Waals surface area contributed by atoms with Gasteiger partial charge in [-0.1, -0.05) is 53.9 Å². The summed E-state index contributed by atoms with van der Waals surface area (Å²) in [5, 5.41) is 6.26. The first-order chi connectivity index (χ1) is 12.7. The second-order valence-electron chi connectivity index (χ2n) is 9.04. The lowest BCUT2D eigenvalue weighted by atomic mass is 9.70. The number of hydrogen-bond acceptors (Lipinski definition) is 3. The molecule has 0 radical (unpaired) electrons. The van der Waals surface area contributed by atoms with Crippen LogP contribution >= 0.6 is 0 Å². The molecule has 3 unspecified atom stereocenters. The van der Waals surface area contributed by atoms with Crippen molar-refractivity contribution >= 4 is 11.8 Å². The average Bonchev–Trinajstić information content (AvgIpc) is 2.62. The first-order valence-electron chi connectivity index (χ1n) is 11.0. The maximum Gasteiger partial charge on any atom is 0.236 e. The molecule has 5 nitrogen and oxygen atoms in total. The van der Waals surface area contributed by atoms with E-state index in [4.69, 9.17) is 5.73 Å². The van der Waals surface area contributed by atoms with E-state index in [-0.39, 0.29) is 23.8 Å².